The monoisotopic (exact) mass is 279 g/mol. The summed E-state index contributed by atoms with van der Waals surface area (Å²) in [6.07, 6.45) is 6.59. The first kappa shape index (κ1) is 13.1. The molecule has 4 nitrogen and oxygen atoms in total. The van der Waals surface area contributed by atoms with Gasteiger partial charge in [-0.3, -0.25) is 4.79 Å². The van der Waals surface area contributed by atoms with Crippen LogP contribution in [0.3, 0.4) is 0 Å². The van der Waals surface area contributed by atoms with Crippen molar-refractivity contribution in [2.24, 2.45) is 5.41 Å². The third-order valence-corrected chi connectivity index (χ3v) is 5.51. The summed E-state index contributed by atoms with van der Waals surface area (Å²) in [5.41, 5.74) is 0.506. The van der Waals surface area contributed by atoms with E-state index in [0.717, 1.165) is 48.9 Å². The quantitative estimate of drug-likeness (QED) is 0.856. The van der Waals surface area contributed by atoms with Crippen LogP contribution in [0.15, 0.2) is 6.20 Å². The van der Waals surface area contributed by atoms with Crippen LogP contribution in [-0.4, -0.2) is 42.0 Å². The van der Waals surface area contributed by atoms with Crippen LogP contribution in [-0.2, 0) is 0 Å². The van der Waals surface area contributed by atoms with Gasteiger partial charge in [-0.05, 0) is 51.1 Å². The van der Waals surface area contributed by atoms with Crippen molar-refractivity contribution in [3.05, 3.63) is 16.1 Å². The second kappa shape index (κ2) is 5.21. The Morgan fingerprint density at radius 1 is 1.32 bits per heavy atom. The maximum Gasteiger partial charge on any atom is 0.265 e. The summed E-state index contributed by atoms with van der Waals surface area (Å²) in [6.45, 7) is 6.05. The third-order valence-electron chi connectivity index (χ3n) is 4.61. The van der Waals surface area contributed by atoms with E-state index in [1.807, 2.05) is 11.8 Å². The van der Waals surface area contributed by atoms with Crippen LogP contribution in [0.1, 0.15) is 40.4 Å². The van der Waals surface area contributed by atoms with Gasteiger partial charge in [-0.2, -0.15) is 0 Å². The Balaban J connectivity index is 1.62. The van der Waals surface area contributed by atoms with E-state index in [2.05, 4.69) is 10.3 Å². The molecule has 2 saturated heterocycles. The number of aromatic nitrogens is 1. The highest BCUT2D eigenvalue weighted by Gasteiger charge is 2.36. The number of piperidine rings is 2. The topological polar surface area (TPSA) is 45.2 Å². The van der Waals surface area contributed by atoms with E-state index in [1.165, 1.54) is 24.2 Å². The number of rotatable bonds is 1. The molecule has 1 spiro atoms. The van der Waals surface area contributed by atoms with Gasteiger partial charge in [0.2, 0.25) is 0 Å². The standard InChI is InChI=1S/C14H21N3OS/c1-11-16-10-12(19-11)13(18)17-8-4-14(5-9-17)2-6-15-7-3-14/h10,15H,2-9H2,1H3. The van der Waals surface area contributed by atoms with E-state index in [1.54, 1.807) is 6.20 Å². The molecule has 0 unspecified atom stereocenters. The van der Waals surface area contributed by atoms with Crippen LogP contribution in [0, 0.1) is 12.3 Å². The fourth-order valence-corrected chi connectivity index (χ4v) is 4.00. The van der Waals surface area contributed by atoms with E-state index in [4.69, 9.17) is 0 Å². The minimum atomic E-state index is 0.175. The Bertz CT molecular complexity index is 455. The highest BCUT2D eigenvalue weighted by Crippen LogP contribution is 2.39. The second-order valence-electron chi connectivity index (χ2n) is 5.79. The molecule has 2 fully saturated rings. The van der Waals surface area contributed by atoms with E-state index >= 15 is 0 Å². The molecular weight excluding hydrogens is 258 g/mol. The zero-order valence-corrected chi connectivity index (χ0v) is 12.3. The maximum atomic E-state index is 12.4. The van der Waals surface area contributed by atoms with Crippen molar-refractivity contribution in [2.75, 3.05) is 26.2 Å². The van der Waals surface area contributed by atoms with Crippen molar-refractivity contribution in [3.8, 4) is 0 Å². The fourth-order valence-electron chi connectivity index (χ4n) is 3.26. The van der Waals surface area contributed by atoms with Gasteiger partial charge >= 0.3 is 0 Å². The van der Waals surface area contributed by atoms with Gasteiger partial charge in [0.05, 0.1) is 11.2 Å². The summed E-state index contributed by atoms with van der Waals surface area (Å²) in [5.74, 6) is 0.175. The molecule has 1 aromatic rings. The highest BCUT2D eigenvalue weighted by molar-refractivity contribution is 7.13. The minimum absolute atomic E-state index is 0.175. The number of hydrogen-bond donors (Lipinski definition) is 1. The number of nitrogens with one attached hydrogen (secondary N) is 1. The average molecular weight is 279 g/mol. The molecule has 3 heterocycles. The van der Waals surface area contributed by atoms with Crippen molar-refractivity contribution in [3.63, 3.8) is 0 Å². The van der Waals surface area contributed by atoms with Crippen molar-refractivity contribution in [1.82, 2.24) is 15.2 Å². The average Bonchev–Trinajstić information content (AvgIpc) is 2.87. The van der Waals surface area contributed by atoms with Crippen LogP contribution in [0.2, 0.25) is 0 Å². The zero-order valence-electron chi connectivity index (χ0n) is 11.4. The van der Waals surface area contributed by atoms with Gasteiger partial charge in [-0.1, -0.05) is 0 Å². The molecule has 104 valence electrons. The SMILES string of the molecule is Cc1ncc(C(=O)N2CCC3(CCNCC3)CC2)s1. The summed E-state index contributed by atoms with van der Waals surface area (Å²) in [4.78, 5) is 19.4. The molecule has 0 aliphatic carbocycles. The number of nitrogens with zero attached hydrogens (tertiary/aromatic N) is 2. The lowest BCUT2D eigenvalue weighted by Gasteiger charge is -2.44. The van der Waals surface area contributed by atoms with Gasteiger partial charge in [0, 0.05) is 13.1 Å². The van der Waals surface area contributed by atoms with Crippen LogP contribution >= 0.6 is 11.3 Å². The van der Waals surface area contributed by atoms with Crippen LogP contribution in [0.4, 0.5) is 0 Å². The molecule has 3 rings (SSSR count). The highest BCUT2D eigenvalue weighted by atomic mass is 32.1. The maximum absolute atomic E-state index is 12.4. The van der Waals surface area contributed by atoms with Gasteiger partial charge in [-0.15, -0.1) is 11.3 Å². The summed E-state index contributed by atoms with van der Waals surface area (Å²) in [5, 5.41) is 4.40. The lowest BCUT2D eigenvalue weighted by Crippen LogP contribution is -2.47. The fraction of sp³-hybridized carbons (Fsp3) is 0.714. The Hall–Kier alpha value is -0.940. The summed E-state index contributed by atoms with van der Waals surface area (Å²) < 4.78 is 0. The molecule has 19 heavy (non-hydrogen) atoms. The lowest BCUT2D eigenvalue weighted by molar-refractivity contribution is 0.0499. The Morgan fingerprint density at radius 2 is 2.00 bits per heavy atom. The minimum Gasteiger partial charge on any atom is -0.338 e. The van der Waals surface area contributed by atoms with E-state index in [9.17, 15) is 4.79 Å². The Labute approximate surface area is 118 Å². The predicted molar refractivity (Wildman–Crippen MR) is 76.5 cm³/mol. The van der Waals surface area contributed by atoms with Crippen LogP contribution in [0.5, 0.6) is 0 Å². The van der Waals surface area contributed by atoms with Crippen LogP contribution < -0.4 is 5.32 Å². The molecule has 1 N–H and O–H groups in total. The number of carbonyl (C=O) groups excluding carboxylic acids is 1. The van der Waals surface area contributed by atoms with Gasteiger partial charge in [0.25, 0.3) is 5.91 Å². The van der Waals surface area contributed by atoms with Gasteiger partial charge in [0.1, 0.15) is 4.88 Å². The largest absolute Gasteiger partial charge is 0.338 e. The second-order valence-corrected chi connectivity index (χ2v) is 7.02. The van der Waals surface area contributed by atoms with E-state index in [-0.39, 0.29) is 5.91 Å². The molecule has 2 aliphatic rings. The molecule has 0 radical (unpaired) electrons. The predicted octanol–water partition coefficient (Wildman–Crippen LogP) is 2.06. The van der Waals surface area contributed by atoms with Crippen molar-refractivity contribution >= 4 is 17.2 Å². The molecule has 0 aromatic carbocycles. The van der Waals surface area contributed by atoms with Gasteiger partial charge < -0.3 is 10.2 Å². The molecule has 1 aromatic heterocycles. The Kier molecular flexibility index (Phi) is 3.58. The smallest absolute Gasteiger partial charge is 0.265 e. The molecule has 0 bridgehead atoms. The van der Waals surface area contributed by atoms with Crippen LogP contribution in [0.25, 0.3) is 0 Å². The lowest BCUT2D eigenvalue weighted by atomic mass is 9.71. The molecule has 0 saturated carbocycles. The number of amides is 1. The Morgan fingerprint density at radius 3 is 2.58 bits per heavy atom. The van der Waals surface area contributed by atoms with Gasteiger partial charge in [0.15, 0.2) is 0 Å². The van der Waals surface area contributed by atoms with Crippen molar-refractivity contribution < 1.29 is 4.79 Å². The normalized spacial score (nSPS) is 22.7. The number of carbonyl (C=O) groups is 1. The number of likely N-dealkylation sites (tertiary alicyclic amines) is 1. The van der Waals surface area contributed by atoms with Gasteiger partial charge in [-0.25, -0.2) is 4.98 Å². The van der Waals surface area contributed by atoms with Crippen molar-refractivity contribution in [2.45, 2.75) is 32.6 Å². The number of hydrogen-bond acceptors (Lipinski definition) is 4. The summed E-state index contributed by atoms with van der Waals surface area (Å²) >= 11 is 1.50. The first-order chi connectivity index (χ1) is 9.19. The number of thiazole rings is 1. The molecule has 0 atom stereocenters. The van der Waals surface area contributed by atoms with E-state index < -0.39 is 0 Å². The number of aryl methyl sites for hydroxylation is 1. The van der Waals surface area contributed by atoms with E-state index in [0.29, 0.717) is 5.41 Å². The molecular formula is C14H21N3OS. The molecule has 5 heteroatoms. The summed E-state index contributed by atoms with van der Waals surface area (Å²) in [6, 6.07) is 0. The molecule has 1 amide bonds. The zero-order chi connectivity index (χ0) is 13.3. The summed E-state index contributed by atoms with van der Waals surface area (Å²) in [7, 11) is 0. The third kappa shape index (κ3) is 2.67. The first-order valence-corrected chi connectivity index (χ1v) is 7.93. The molecule has 2 aliphatic heterocycles. The first-order valence-electron chi connectivity index (χ1n) is 7.11. The van der Waals surface area contributed by atoms with Crippen molar-refractivity contribution in [1.29, 1.82) is 0 Å².